The molecule has 1 unspecified atom stereocenters. The van der Waals surface area contributed by atoms with E-state index in [1.807, 2.05) is 13.8 Å². The Morgan fingerprint density at radius 3 is 2.67 bits per heavy atom. The minimum absolute atomic E-state index is 0.0151. The molecule has 0 aliphatic carbocycles. The average molecular weight is 256 g/mol. The van der Waals surface area contributed by atoms with Gasteiger partial charge in [0.05, 0.1) is 6.04 Å². The van der Waals surface area contributed by atoms with Gasteiger partial charge in [-0.2, -0.15) is 0 Å². The van der Waals surface area contributed by atoms with Crippen molar-refractivity contribution in [3.05, 3.63) is 0 Å². The summed E-state index contributed by atoms with van der Waals surface area (Å²) < 4.78 is 0. The van der Waals surface area contributed by atoms with Gasteiger partial charge in [-0.3, -0.25) is 9.59 Å². The molecule has 0 spiro atoms. The Bertz CT molecular complexity index is 275. The molecule has 18 heavy (non-hydrogen) atoms. The Balaban J connectivity index is 2.09. The number of rotatable bonds is 6. The maximum Gasteiger partial charge on any atom is 0.238 e. The van der Waals surface area contributed by atoms with E-state index >= 15 is 0 Å². The van der Waals surface area contributed by atoms with E-state index in [4.69, 9.17) is 0 Å². The smallest absolute Gasteiger partial charge is 0.238 e. The first-order chi connectivity index (χ1) is 8.59. The van der Waals surface area contributed by atoms with Crippen molar-refractivity contribution >= 4 is 11.8 Å². The van der Waals surface area contributed by atoms with Crippen molar-refractivity contribution in [2.45, 2.75) is 26.3 Å². The van der Waals surface area contributed by atoms with Gasteiger partial charge in [-0.1, -0.05) is 13.8 Å². The number of nitrogens with one attached hydrogen (secondary N) is 4. The molecule has 1 heterocycles. The maximum atomic E-state index is 11.7. The van der Waals surface area contributed by atoms with Crippen LogP contribution in [0.2, 0.25) is 0 Å². The van der Waals surface area contributed by atoms with Gasteiger partial charge >= 0.3 is 0 Å². The molecule has 6 heteroatoms. The molecule has 0 aromatic rings. The summed E-state index contributed by atoms with van der Waals surface area (Å²) >= 11 is 0. The molecule has 0 bridgehead atoms. The van der Waals surface area contributed by atoms with Gasteiger partial charge in [0.15, 0.2) is 0 Å². The monoisotopic (exact) mass is 256 g/mol. The fourth-order valence-electron chi connectivity index (χ4n) is 1.67. The molecule has 1 saturated heterocycles. The molecule has 6 nitrogen and oxygen atoms in total. The molecule has 1 fully saturated rings. The highest BCUT2D eigenvalue weighted by Gasteiger charge is 2.19. The van der Waals surface area contributed by atoms with Crippen LogP contribution in [0, 0.1) is 5.92 Å². The number of piperazine rings is 1. The highest BCUT2D eigenvalue weighted by atomic mass is 16.2. The fraction of sp³-hybridized carbons (Fsp3) is 0.833. The maximum absolute atomic E-state index is 11.7. The van der Waals surface area contributed by atoms with Crippen molar-refractivity contribution in [3.63, 3.8) is 0 Å². The molecule has 0 radical (unpaired) electrons. The average Bonchev–Trinajstić information content (AvgIpc) is 2.37. The Morgan fingerprint density at radius 1 is 1.28 bits per heavy atom. The molecule has 0 saturated carbocycles. The zero-order valence-corrected chi connectivity index (χ0v) is 11.2. The lowest BCUT2D eigenvalue weighted by atomic mass is 10.2. The molecule has 4 N–H and O–H groups in total. The van der Waals surface area contributed by atoms with Gasteiger partial charge in [-0.15, -0.1) is 0 Å². The van der Waals surface area contributed by atoms with Crippen molar-refractivity contribution in [2.24, 2.45) is 5.92 Å². The summed E-state index contributed by atoms with van der Waals surface area (Å²) in [6.07, 6.45) is 0.332. The van der Waals surface area contributed by atoms with Crippen molar-refractivity contribution in [1.82, 2.24) is 21.3 Å². The Labute approximate surface area is 108 Å². The summed E-state index contributed by atoms with van der Waals surface area (Å²) in [5, 5.41) is 11.9. The molecule has 2 amide bonds. The molecule has 0 aromatic carbocycles. The Morgan fingerprint density at radius 2 is 2.06 bits per heavy atom. The van der Waals surface area contributed by atoms with E-state index in [9.17, 15) is 9.59 Å². The highest BCUT2D eigenvalue weighted by molar-refractivity contribution is 5.83. The van der Waals surface area contributed by atoms with Crippen LogP contribution in [0.1, 0.15) is 20.3 Å². The summed E-state index contributed by atoms with van der Waals surface area (Å²) in [7, 11) is 0. The minimum atomic E-state index is -0.183. The number of hydrogen-bond acceptors (Lipinski definition) is 4. The van der Waals surface area contributed by atoms with Crippen molar-refractivity contribution < 1.29 is 9.59 Å². The molecular weight excluding hydrogens is 232 g/mol. The lowest BCUT2D eigenvalue weighted by Gasteiger charge is -2.23. The van der Waals surface area contributed by atoms with E-state index < -0.39 is 0 Å². The molecule has 1 aliphatic rings. The Hall–Kier alpha value is -1.14. The van der Waals surface area contributed by atoms with E-state index in [1.54, 1.807) is 0 Å². The quantitative estimate of drug-likeness (QED) is 0.482. The molecular formula is C12H24N4O2. The van der Waals surface area contributed by atoms with Crippen LogP contribution < -0.4 is 21.3 Å². The van der Waals surface area contributed by atoms with E-state index in [2.05, 4.69) is 21.3 Å². The zero-order chi connectivity index (χ0) is 13.4. The normalized spacial score (nSPS) is 19.6. The lowest BCUT2D eigenvalue weighted by molar-refractivity contribution is -0.123. The van der Waals surface area contributed by atoms with Crippen molar-refractivity contribution in [2.75, 3.05) is 32.7 Å². The predicted molar refractivity (Wildman–Crippen MR) is 70.1 cm³/mol. The number of hydrogen-bond donors (Lipinski definition) is 4. The summed E-state index contributed by atoms with van der Waals surface area (Å²) in [6.45, 7) is 7.50. The number of carbonyl (C=O) groups is 2. The topological polar surface area (TPSA) is 82.3 Å². The van der Waals surface area contributed by atoms with Crippen LogP contribution in [0.25, 0.3) is 0 Å². The number of carbonyl (C=O) groups excluding carboxylic acids is 2. The first-order valence-electron chi connectivity index (χ1n) is 6.58. The van der Waals surface area contributed by atoms with E-state index in [-0.39, 0.29) is 17.9 Å². The van der Waals surface area contributed by atoms with Gasteiger partial charge < -0.3 is 21.3 Å². The van der Waals surface area contributed by atoms with E-state index in [1.165, 1.54) is 0 Å². The predicted octanol–water partition coefficient (Wildman–Crippen LogP) is -1.17. The van der Waals surface area contributed by atoms with Gasteiger partial charge in [0.2, 0.25) is 11.8 Å². The van der Waals surface area contributed by atoms with E-state index in [0.29, 0.717) is 32.0 Å². The number of amides is 2. The van der Waals surface area contributed by atoms with Crippen LogP contribution in [0.5, 0.6) is 0 Å². The van der Waals surface area contributed by atoms with Crippen LogP contribution in [0.15, 0.2) is 0 Å². The third-order valence-corrected chi connectivity index (χ3v) is 2.72. The van der Waals surface area contributed by atoms with Gasteiger partial charge in [-0.25, -0.2) is 0 Å². The fourth-order valence-corrected chi connectivity index (χ4v) is 1.67. The Kier molecular flexibility index (Phi) is 6.67. The summed E-state index contributed by atoms with van der Waals surface area (Å²) in [5.41, 5.74) is 0. The second-order valence-electron chi connectivity index (χ2n) is 4.95. The zero-order valence-electron chi connectivity index (χ0n) is 11.2. The van der Waals surface area contributed by atoms with Crippen molar-refractivity contribution in [3.8, 4) is 0 Å². The lowest BCUT2D eigenvalue weighted by Crippen LogP contribution is -2.55. The summed E-state index contributed by atoms with van der Waals surface area (Å²) in [6, 6.07) is -0.183. The van der Waals surface area contributed by atoms with Crippen LogP contribution in [-0.4, -0.2) is 50.6 Å². The van der Waals surface area contributed by atoms with Crippen LogP contribution >= 0.6 is 0 Å². The molecule has 0 aromatic heterocycles. The third-order valence-electron chi connectivity index (χ3n) is 2.72. The molecule has 1 rings (SSSR count). The molecule has 104 valence electrons. The highest BCUT2D eigenvalue weighted by Crippen LogP contribution is 1.90. The van der Waals surface area contributed by atoms with Gasteiger partial charge in [-0.05, 0) is 5.92 Å². The first-order valence-corrected chi connectivity index (χ1v) is 6.58. The van der Waals surface area contributed by atoms with Crippen LogP contribution in [0.3, 0.4) is 0 Å². The summed E-state index contributed by atoms with van der Waals surface area (Å²) in [4.78, 5) is 23.1. The van der Waals surface area contributed by atoms with E-state index in [0.717, 1.165) is 13.1 Å². The van der Waals surface area contributed by atoms with Gasteiger partial charge in [0, 0.05) is 39.1 Å². The standard InChI is InChI=1S/C12H24N4O2/c1-9(2)7-16-11(17)3-4-15-12(18)10-8-13-5-6-14-10/h9-10,13-14H,3-8H2,1-2H3,(H,15,18)(H,16,17). The summed E-state index contributed by atoms with van der Waals surface area (Å²) in [5.74, 6) is 0.388. The third kappa shape index (κ3) is 5.97. The van der Waals surface area contributed by atoms with Crippen molar-refractivity contribution in [1.29, 1.82) is 0 Å². The van der Waals surface area contributed by atoms with Gasteiger partial charge in [0.25, 0.3) is 0 Å². The molecule has 1 aliphatic heterocycles. The first kappa shape index (κ1) is 14.9. The SMILES string of the molecule is CC(C)CNC(=O)CCNC(=O)C1CNCCN1. The van der Waals surface area contributed by atoms with Gasteiger partial charge in [0.1, 0.15) is 0 Å². The van der Waals surface area contributed by atoms with Crippen LogP contribution in [0.4, 0.5) is 0 Å². The largest absolute Gasteiger partial charge is 0.356 e. The second-order valence-corrected chi connectivity index (χ2v) is 4.95. The minimum Gasteiger partial charge on any atom is -0.356 e. The second kappa shape index (κ2) is 8.05. The van der Waals surface area contributed by atoms with Crippen LogP contribution in [-0.2, 0) is 9.59 Å². The molecule has 1 atom stereocenters.